The summed E-state index contributed by atoms with van der Waals surface area (Å²) in [5.41, 5.74) is 2.23. The Kier molecular flexibility index (Phi) is 10.7. The monoisotopic (exact) mass is 512 g/mol. The fraction of sp³-hybridized carbons (Fsp3) is 0.914. The Morgan fingerprint density at radius 3 is 2.51 bits per heavy atom. The van der Waals surface area contributed by atoms with Crippen molar-refractivity contribution in [2.45, 2.75) is 156 Å². The SMILES string of the molecule is CCCCCCCCC(=O)O[C@H]1CC[C@H]2C(=CC[C@@H]3[C@@H]2CC[C@]2(C)[C@@H](C(C)CCCC(C)C)CC[C@@H]32)C1. The Hall–Kier alpha value is -0.790. The van der Waals surface area contributed by atoms with Gasteiger partial charge in [0.15, 0.2) is 0 Å². The molecule has 0 saturated heterocycles. The van der Waals surface area contributed by atoms with Gasteiger partial charge in [-0.2, -0.15) is 0 Å². The fourth-order valence-corrected chi connectivity index (χ4v) is 9.65. The van der Waals surface area contributed by atoms with Crippen LogP contribution in [0.4, 0.5) is 0 Å². The van der Waals surface area contributed by atoms with E-state index in [0.717, 1.165) is 60.7 Å². The largest absolute Gasteiger partial charge is 0.462 e. The second-order valence-corrected chi connectivity index (χ2v) is 14.5. The van der Waals surface area contributed by atoms with Gasteiger partial charge >= 0.3 is 5.97 Å². The van der Waals surface area contributed by atoms with Gasteiger partial charge in [0.05, 0.1) is 0 Å². The highest BCUT2D eigenvalue weighted by Crippen LogP contribution is 2.64. The molecule has 0 N–H and O–H groups in total. The molecule has 212 valence electrons. The average molecular weight is 513 g/mol. The van der Waals surface area contributed by atoms with Crippen molar-refractivity contribution in [3.8, 4) is 0 Å². The highest BCUT2D eigenvalue weighted by atomic mass is 16.5. The molecule has 0 bridgehead atoms. The first-order chi connectivity index (χ1) is 17.8. The van der Waals surface area contributed by atoms with Crippen LogP contribution in [0.5, 0.6) is 0 Å². The molecule has 4 aliphatic carbocycles. The molecule has 2 heteroatoms. The van der Waals surface area contributed by atoms with Gasteiger partial charge in [-0.15, -0.1) is 0 Å². The maximum absolute atomic E-state index is 12.5. The van der Waals surface area contributed by atoms with Crippen LogP contribution < -0.4 is 0 Å². The van der Waals surface area contributed by atoms with E-state index < -0.39 is 0 Å². The van der Waals surface area contributed by atoms with E-state index in [1.165, 1.54) is 89.9 Å². The topological polar surface area (TPSA) is 26.3 Å². The number of hydrogen-bond acceptors (Lipinski definition) is 2. The third-order valence-electron chi connectivity index (χ3n) is 11.6. The maximum Gasteiger partial charge on any atom is 0.306 e. The quantitative estimate of drug-likeness (QED) is 0.139. The lowest BCUT2D eigenvalue weighted by atomic mass is 9.51. The molecule has 0 aromatic heterocycles. The van der Waals surface area contributed by atoms with Gasteiger partial charge in [-0.05, 0) is 98.2 Å². The molecule has 4 rings (SSSR count). The van der Waals surface area contributed by atoms with Gasteiger partial charge in [0.1, 0.15) is 6.10 Å². The molecule has 4 aliphatic rings. The van der Waals surface area contributed by atoms with Crippen molar-refractivity contribution in [1.82, 2.24) is 0 Å². The molecule has 0 radical (unpaired) electrons. The van der Waals surface area contributed by atoms with E-state index in [1.807, 2.05) is 0 Å². The van der Waals surface area contributed by atoms with Crippen molar-refractivity contribution in [3.63, 3.8) is 0 Å². The van der Waals surface area contributed by atoms with Crippen molar-refractivity contribution in [3.05, 3.63) is 11.6 Å². The molecule has 3 saturated carbocycles. The van der Waals surface area contributed by atoms with Gasteiger partial charge in [-0.1, -0.05) is 97.6 Å². The molecular weight excluding hydrogens is 452 g/mol. The molecule has 3 fully saturated rings. The summed E-state index contributed by atoms with van der Waals surface area (Å²) in [5, 5.41) is 0. The minimum absolute atomic E-state index is 0.0566. The standard InChI is InChI=1S/C35H60O2/c1-6-7-8-9-10-11-15-34(36)37-28-17-19-29-27(24-28)16-18-31-30(29)22-23-35(5)32(20-21-33(31)35)26(4)14-12-13-25(2)3/h16,25-26,28-33H,6-15,17-24H2,1-5H3/t26?,28-,29-,30+,31+,32+,33-,35+/m0/s1. The molecule has 8 atom stereocenters. The van der Waals surface area contributed by atoms with Gasteiger partial charge in [-0.3, -0.25) is 4.79 Å². The van der Waals surface area contributed by atoms with E-state index in [-0.39, 0.29) is 12.1 Å². The molecule has 0 aliphatic heterocycles. The molecule has 2 nitrogen and oxygen atoms in total. The number of unbranched alkanes of at least 4 members (excludes halogenated alkanes) is 5. The van der Waals surface area contributed by atoms with Crippen LogP contribution in [0.2, 0.25) is 0 Å². The van der Waals surface area contributed by atoms with Crippen LogP contribution in [0.15, 0.2) is 11.6 Å². The van der Waals surface area contributed by atoms with E-state index >= 15 is 0 Å². The maximum atomic E-state index is 12.5. The van der Waals surface area contributed by atoms with Gasteiger partial charge < -0.3 is 4.74 Å². The van der Waals surface area contributed by atoms with Crippen molar-refractivity contribution in [1.29, 1.82) is 0 Å². The number of allylic oxidation sites excluding steroid dienone is 1. The first-order valence-electron chi connectivity index (χ1n) is 16.7. The van der Waals surface area contributed by atoms with Crippen LogP contribution in [-0.4, -0.2) is 12.1 Å². The number of carbonyl (C=O) groups is 1. The van der Waals surface area contributed by atoms with Crippen molar-refractivity contribution >= 4 is 5.97 Å². The molecule has 0 aromatic carbocycles. The predicted molar refractivity (Wildman–Crippen MR) is 156 cm³/mol. The Balaban J connectivity index is 1.27. The van der Waals surface area contributed by atoms with Crippen LogP contribution in [0.3, 0.4) is 0 Å². The second-order valence-electron chi connectivity index (χ2n) is 14.5. The summed E-state index contributed by atoms with van der Waals surface area (Å²) >= 11 is 0. The number of esters is 1. The average Bonchev–Trinajstić information content (AvgIpc) is 3.23. The van der Waals surface area contributed by atoms with E-state index in [4.69, 9.17) is 4.74 Å². The molecule has 0 spiro atoms. The summed E-state index contributed by atoms with van der Waals surface area (Å²) in [6, 6.07) is 0. The van der Waals surface area contributed by atoms with Crippen LogP contribution >= 0.6 is 0 Å². The molecular formula is C35H60O2. The number of fused-ring (bicyclic) bond motifs is 5. The summed E-state index contributed by atoms with van der Waals surface area (Å²) in [7, 11) is 0. The van der Waals surface area contributed by atoms with Crippen molar-refractivity contribution in [2.75, 3.05) is 0 Å². The summed E-state index contributed by atoms with van der Waals surface area (Å²) in [6.07, 6.45) is 25.5. The van der Waals surface area contributed by atoms with E-state index in [0.29, 0.717) is 11.8 Å². The number of rotatable bonds is 13. The summed E-state index contributed by atoms with van der Waals surface area (Å²) < 4.78 is 6.00. The minimum Gasteiger partial charge on any atom is -0.462 e. The first kappa shape index (κ1) is 29.2. The van der Waals surface area contributed by atoms with E-state index in [1.54, 1.807) is 5.57 Å². The fourth-order valence-electron chi connectivity index (χ4n) is 9.65. The number of hydrogen-bond donors (Lipinski definition) is 0. The van der Waals surface area contributed by atoms with Gasteiger partial charge in [-0.25, -0.2) is 0 Å². The van der Waals surface area contributed by atoms with Gasteiger partial charge in [0.25, 0.3) is 0 Å². The lowest BCUT2D eigenvalue weighted by Gasteiger charge is -2.54. The molecule has 1 unspecified atom stereocenters. The zero-order valence-electron chi connectivity index (χ0n) is 25.2. The zero-order chi connectivity index (χ0) is 26.4. The third kappa shape index (κ3) is 7.05. The van der Waals surface area contributed by atoms with Crippen LogP contribution in [-0.2, 0) is 9.53 Å². The highest BCUT2D eigenvalue weighted by Gasteiger charge is 2.56. The molecule has 0 aromatic rings. The Morgan fingerprint density at radius 1 is 0.946 bits per heavy atom. The molecule has 37 heavy (non-hydrogen) atoms. The number of ether oxygens (including phenoxy) is 1. The minimum atomic E-state index is 0.0566. The predicted octanol–water partition coefficient (Wildman–Crippen LogP) is 10.3. The smallest absolute Gasteiger partial charge is 0.306 e. The van der Waals surface area contributed by atoms with Crippen LogP contribution in [0, 0.1) is 46.8 Å². The Labute approximate surface area is 230 Å². The lowest BCUT2D eigenvalue weighted by molar-refractivity contribution is -0.150. The summed E-state index contributed by atoms with van der Waals surface area (Å²) in [5.74, 6) is 6.26. The molecule has 0 amide bonds. The van der Waals surface area contributed by atoms with Crippen LogP contribution in [0.1, 0.15) is 150 Å². The van der Waals surface area contributed by atoms with Gasteiger partial charge in [0, 0.05) is 12.8 Å². The Bertz CT molecular complexity index is 752. The summed E-state index contributed by atoms with van der Waals surface area (Å²) in [4.78, 5) is 12.5. The van der Waals surface area contributed by atoms with Crippen LogP contribution in [0.25, 0.3) is 0 Å². The first-order valence-corrected chi connectivity index (χ1v) is 16.7. The van der Waals surface area contributed by atoms with E-state index in [9.17, 15) is 4.79 Å². The third-order valence-corrected chi connectivity index (χ3v) is 11.6. The summed E-state index contributed by atoms with van der Waals surface area (Å²) in [6.45, 7) is 12.3. The molecule has 0 heterocycles. The van der Waals surface area contributed by atoms with Crippen molar-refractivity contribution in [2.24, 2.45) is 46.8 Å². The normalized spacial score (nSPS) is 35.9. The Morgan fingerprint density at radius 2 is 1.73 bits per heavy atom. The number of carbonyl (C=O) groups excluding carboxylic acids is 1. The highest BCUT2D eigenvalue weighted by molar-refractivity contribution is 5.69. The van der Waals surface area contributed by atoms with Gasteiger partial charge in [0.2, 0.25) is 0 Å². The lowest BCUT2D eigenvalue weighted by Crippen LogP contribution is -2.47. The van der Waals surface area contributed by atoms with E-state index in [2.05, 4.69) is 40.7 Å². The van der Waals surface area contributed by atoms with Crippen molar-refractivity contribution < 1.29 is 9.53 Å². The zero-order valence-corrected chi connectivity index (χ0v) is 25.2. The second kappa shape index (κ2) is 13.5.